The summed E-state index contributed by atoms with van der Waals surface area (Å²) in [6.45, 7) is 0.154. The Kier molecular flexibility index (Phi) is 9.26. The van der Waals surface area contributed by atoms with Gasteiger partial charge in [-0.2, -0.15) is 0 Å². The van der Waals surface area contributed by atoms with E-state index in [1.54, 1.807) is 54.6 Å². The maximum absolute atomic E-state index is 15.4. The molecule has 1 heterocycles. The lowest BCUT2D eigenvalue weighted by atomic mass is 9.97. The van der Waals surface area contributed by atoms with E-state index in [0.29, 0.717) is 11.3 Å². The molecule has 5 rings (SSSR count). The summed E-state index contributed by atoms with van der Waals surface area (Å²) in [5.41, 5.74) is 2.86. The number of rotatable bonds is 8. The van der Waals surface area contributed by atoms with E-state index in [4.69, 9.17) is 4.74 Å². The molecular formula is C35H31F2N3O4. The Balaban J connectivity index is 1.37. The minimum atomic E-state index is -3.35. The highest BCUT2D eigenvalue weighted by atomic mass is 19.3. The van der Waals surface area contributed by atoms with Crippen LogP contribution in [-0.4, -0.2) is 50.5 Å². The molecule has 0 fully saturated rings. The monoisotopic (exact) mass is 595 g/mol. The number of ether oxygens (including phenoxy) is 1. The number of halogens is 2. The zero-order chi connectivity index (χ0) is 31.1. The number of carbonyl (C=O) groups is 3. The molecule has 7 nitrogen and oxygen atoms in total. The highest BCUT2D eigenvalue weighted by molar-refractivity contribution is 6.11. The third-order valence-corrected chi connectivity index (χ3v) is 7.30. The zero-order valence-corrected chi connectivity index (χ0v) is 24.1. The number of hydrogen-bond donors (Lipinski definition) is 2. The van der Waals surface area contributed by atoms with Gasteiger partial charge in [-0.05, 0) is 47.5 Å². The summed E-state index contributed by atoms with van der Waals surface area (Å²) in [6, 6.07) is 29.5. The maximum atomic E-state index is 15.4. The van der Waals surface area contributed by atoms with Crippen molar-refractivity contribution in [2.24, 2.45) is 0 Å². The van der Waals surface area contributed by atoms with Gasteiger partial charge in [0.1, 0.15) is 0 Å². The highest BCUT2D eigenvalue weighted by Crippen LogP contribution is 2.43. The molecule has 1 aliphatic heterocycles. The average molecular weight is 596 g/mol. The van der Waals surface area contributed by atoms with Gasteiger partial charge in [0.05, 0.1) is 12.3 Å². The van der Waals surface area contributed by atoms with Crippen LogP contribution in [-0.2, 0) is 9.53 Å². The standard InChI is InChI=1S/C35H31F2N3O4/c1-44-22-20-38-32(41)23-30-29-13-7-8-14-31(29)40(21-19-35(30,36)37)34(43)25-15-17-26(18-16-25)39-33(42)28-12-6-5-11-27(28)24-9-3-2-4-10-24/h2-18,23H,19-22H2,1H3,(H,38,41)(H,39,42). The van der Waals surface area contributed by atoms with Crippen LogP contribution in [0, 0.1) is 0 Å². The first-order valence-electron chi connectivity index (χ1n) is 14.1. The van der Waals surface area contributed by atoms with Crippen LogP contribution in [0.4, 0.5) is 20.2 Å². The molecule has 44 heavy (non-hydrogen) atoms. The number of para-hydroxylation sites is 1. The lowest BCUT2D eigenvalue weighted by Gasteiger charge is -2.23. The molecule has 9 heteroatoms. The van der Waals surface area contributed by atoms with Crippen LogP contribution in [0.2, 0.25) is 0 Å². The van der Waals surface area contributed by atoms with Gasteiger partial charge in [-0.1, -0.05) is 66.7 Å². The van der Waals surface area contributed by atoms with E-state index in [9.17, 15) is 14.4 Å². The Morgan fingerprint density at radius 3 is 2.25 bits per heavy atom. The van der Waals surface area contributed by atoms with Gasteiger partial charge in [0.2, 0.25) is 5.91 Å². The molecule has 0 atom stereocenters. The smallest absolute Gasteiger partial charge is 0.275 e. The third kappa shape index (κ3) is 6.74. The number of hydrogen-bond acceptors (Lipinski definition) is 4. The second-order valence-electron chi connectivity index (χ2n) is 10.2. The van der Waals surface area contributed by atoms with Crippen LogP contribution in [0.15, 0.2) is 109 Å². The first-order chi connectivity index (χ1) is 21.3. The molecule has 0 saturated heterocycles. The van der Waals surface area contributed by atoms with Gasteiger partial charge in [-0.25, -0.2) is 8.78 Å². The fourth-order valence-electron chi connectivity index (χ4n) is 5.09. The molecule has 0 radical (unpaired) electrons. The van der Waals surface area contributed by atoms with Crippen LogP contribution in [0.3, 0.4) is 0 Å². The normalized spacial score (nSPS) is 14.8. The van der Waals surface area contributed by atoms with Crippen LogP contribution in [0.1, 0.15) is 32.7 Å². The molecule has 0 aliphatic carbocycles. The van der Waals surface area contributed by atoms with Crippen molar-refractivity contribution in [3.8, 4) is 11.1 Å². The Morgan fingerprint density at radius 1 is 0.864 bits per heavy atom. The molecule has 0 bridgehead atoms. The van der Waals surface area contributed by atoms with Gasteiger partial charge in [-0.15, -0.1) is 0 Å². The fourth-order valence-corrected chi connectivity index (χ4v) is 5.09. The van der Waals surface area contributed by atoms with Gasteiger partial charge in [0.25, 0.3) is 17.7 Å². The Labute approximate surface area is 254 Å². The van der Waals surface area contributed by atoms with Crippen molar-refractivity contribution in [2.75, 3.05) is 37.0 Å². The number of allylic oxidation sites excluding steroid dienone is 1. The molecule has 0 saturated carbocycles. The molecule has 4 aromatic carbocycles. The Morgan fingerprint density at radius 2 is 1.52 bits per heavy atom. The van der Waals surface area contributed by atoms with E-state index in [2.05, 4.69) is 10.6 Å². The predicted molar refractivity (Wildman–Crippen MR) is 167 cm³/mol. The van der Waals surface area contributed by atoms with Crippen LogP contribution >= 0.6 is 0 Å². The highest BCUT2D eigenvalue weighted by Gasteiger charge is 2.41. The SMILES string of the molecule is COCCNC(=O)C=C1c2ccccc2N(C(=O)c2ccc(NC(=O)c3ccccc3-c3ccccc3)cc2)CCC1(F)F. The van der Waals surface area contributed by atoms with E-state index in [1.165, 1.54) is 18.1 Å². The minimum Gasteiger partial charge on any atom is -0.383 e. The summed E-state index contributed by atoms with van der Waals surface area (Å²) in [5, 5.41) is 5.41. The van der Waals surface area contributed by atoms with Crippen molar-refractivity contribution in [3.05, 3.63) is 126 Å². The van der Waals surface area contributed by atoms with Crippen LogP contribution in [0.25, 0.3) is 16.7 Å². The second kappa shape index (κ2) is 13.4. The van der Waals surface area contributed by atoms with Gasteiger partial charge >= 0.3 is 0 Å². The summed E-state index contributed by atoms with van der Waals surface area (Å²) in [6.07, 6.45) is 0.232. The number of alkyl halides is 2. The van der Waals surface area contributed by atoms with E-state index in [1.807, 2.05) is 42.5 Å². The van der Waals surface area contributed by atoms with E-state index in [-0.39, 0.29) is 42.4 Å². The van der Waals surface area contributed by atoms with E-state index in [0.717, 1.165) is 17.2 Å². The van der Waals surface area contributed by atoms with Gasteiger partial charge in [0.15, 0.2) is 0 Å². The van der Waals surface area contributed by atoms with Gasteiger partial charge < -0.3 is 20.3 Å². The zero-order valence-electron chi connectivity index (χ0n) is 24.1. The number of fused-ring (bicyclic) bond motifs is 1. The van der Waals surface area contributed by atoms with E-state index >= 15 is 8.78 Å². The Hall–Kier alpha value is -5.15. The number of nitrogens with zero attached hydrogens (tertiary/aromatic N) is 1. The Bertz CT molecular complexity index is 1690. The van der Waals surface area contributed by atoms with Crippen LogP contribution < -0.4 is 15.5 Å². The lowest BCUT2D eigenvalue weighted by molar-refractivity contribution is -0.116. The molecule has 2 N–H and O–H groups in total. The molecule has 3 amide bonds. The molecule has 0 unspecified atom stereocenters. The molecular weight excluding hydrogens is 564 g/mol. The van der Waals surface area contributed by atoms with Gasteiger partial charge in [0, 0.05) is 60.6 Å². The van der Waals surface area contributed by atoms with Crippen molar-refractivity contribution in [3.63, 3.8) is 0 Å². The minimum absolute atomic E-state index is 0.103. The number of anilines is 2. The molecule has 0 aromatic heterocycles. The summed E-state index contributed by atoms with van der Waals surface area (Å²) in [7, 11) is 1.47. The van der Waals surface area contributed by atoms with Crippen molar-refractivity contribution >= 4 is 34.7 Å². The van der Waals surface area contributed by atoms with Crippen molar-refractivity contribution in [1.82, 2.24) is 5.32 Å². The molecule has 0 spiro atoms. The maximum Gasteiger partial charge on any atom is 0.275 e. The van der Waals surface area contributed by atoms with Crippen LogP contribution in [0.5, 0.6) is 0 Å². The lowest BCUT2D eigenvalue weighted by Crippen LogP contribution is -2.33. The summed E-state index contributed by atoms with van der Waals surface area (Å²) >= 11 is 0. The number of carbonyl (C=O) groups excluding carboxylic acids is 3. The average Bonchev–Trinajstić information content (AvgIpc) is 3.15. The second-order valence-corrected chi connectivity index (χ2v) is 10.2. The topological polar surface area (TPSA) is 87.7 Å². The largest absolute Gasteiger partial charge is 0.383 e. The number of methoxy groups -OCH3 is 1. The number of nitrogens with one attached hydrogen (secondary N) is 2. The number of amides is 3. The van der Waals surface area contributed by atoms with Crippen molar-refractivity contribution in [1.29, 1.82) is 0 Å². The molecule has 224 valence electrons. The predicted octanol–water partition coefficient (Wildman–Crippen LogP) is 6.44. The first-order valence-corrected chi connectivity index (χ1v) is 14.1. The number of benzene rings is 4. The van der Waals surface area contributed by atoms with Crippen molar-refractivity contribution in [2.45, 2.75) is 12.3 Å². The first kappa shape index (κ1) is 30.3. The summed E-state index contributed by atoms with van der Waals surface area (Å²) in [4.78, 5) is 40.6. The fraction of sp³-hybridized carbons (Fsp3) is 0.171. The third-order valence-electron chi connectivity index (χ3n) is 7.30. The molecule has 1 aliphatic rings. The molecule has 4 aromatic rings. The summed E-state index contributed by atoms with van der Waals surface area (Å²) in [5.74, 6) is -4.81. The quantitative estimate of drug-likeness (QED) is 0.181. The van der Waals surface area contributed by atoms with Gasteiger partial charge in [-0.3, -0.25) is 14.4 Å². The summed E-state index contributed by atoms with van der Waals surface area (Å²) < 4.78 is 35.7. The van der Waals surface area contributed by atoms with E-state index < -0.39 is 29.7 Å². The van der Waals surface area contributed by atoms with Crippen molar-refractivity contribution < 1.29 is 27.9 Å².